The predicted octanol–water partition coefficient (Wildman–Crippen LogP) is 5.78. The van der Waals surface area contributed by atoms with Gasteiger partial charge in [-0.1, -0.05) is 80.6 Å². The van der Waals surface area contributed by atoms with Crippen molar-refractivity contribution in [3.63, 3.8) is 0 Å². The van der Waals surface area contributed by atoms with Gasteiger partial charge in [-0.25, -0.2) is 4.98 Å². The molecule has 0 saturated carbocycles. The summed E-state index contributed by atoms with van der Waals surface area (Å²) in [7, 11) is 0. The Hall–Kier alpha value is -3.40. The Labute approximate surface area is 183 Å². The average molecular weight is 412 g/mol. The number of nitrogens with zero attached hydrogens (tertiary/aromatic N) is 2. The van der Waals surface area contributed by atoms with Crippen molar-refractivity contribution in [2.24, 2.45) is 5.92 Å². The second kappa shape index (κ2) is 9.17. The molecule has 0 fully saturated rings. The van der Waals surface area contributed by atoms with Crippen LogP contribution < -0.4 is 5.32 Å². The highest BCUT2D eigenvalue weighted by atomic mass is 16.1. The largest absolute Gasteiger partial charge is 0.346 e. The highest BCUT2D eigenvalue weighted by molar-refractivity contribution is 5.80. The van der Waals surface area contributed by atoms with Crippen molar-refractivity contribution in [2.45, 2.75) is 39.8 Å². The van der Waals surface area contributed by atoms with Gasteiger partial charge in [-0.15, -0.1) is 0 Å². The monoisotopic (exact) mass is 411 g/mol. The molecule has 4 aromatic rings. The van der Waals surface area contributed by atoms with Crippen molar-refractivity contribution >= 4 is 16.9 Å². The number of carbonyl (C=O) groups excluding carboxylic acids is 1. The van der Waals surface area contributed by atoms with Crippen LogP contribution in [0.5, 0.6) is 0 Å². The number of hydrogen-bond acceptors (Lipinski definition) is 2. The zero-order chi connectivity index (χ0) is 21.8. The number of amides is 1. The van der Waals surface area contributed by atoms with Crippen molar-refractivity contribution < 1.29 is 4.79 Å². The lowest BCUT2D eigenvalue weighted by atomic mass is 10.0. The normalized spacial score (nSPS) is 12.3. The molecule has 1 aromatic heterocycles. The van der Waals surface area contributed by atoms with Crippen LogP contribution in [-0.4, -0.2) is 15.5 Å². The molecule has 4 heteroatoms. The third-order valence-electron chi connectivity index (χ3n) is 5.42. The van der Waals surface area contributed by atoms with E-state index in [1.807, 2.05) is 55.5 Å². The second-order valence-corrected chi connectivity index (χ2v) is 8.49. The summed E-state index contributed by atoms with van der Waals surface area (Å²) in [5.74, 6) is 1.40. The summed E-state index contributed by atoms with van der Waals surface area (Å²) in [4.78, 5) is 17.6. The molecular formula is C27H29N3O. The van der Waals surface area contributed by atoms with E-state index >= 15 is 0 Å². The van der Waals surface area contributed by atoms with E-state index in [9.17, 15) is 4.79 Å². The number of carbonyl (C=O) groups is 1. The predicted molar refractivity (Wildman–Crippen MR) is 127 cm³/mol. The molecule has 4 rings (SSSR count). The number of fused-ring (bicyclic) bond motifs is 1. The van der Waals surface area contributed by atoms with Crippen LogP contribution in [0, 0.1) is 5.92 Å². The number of imidazole rings is 1. The molecule has 0 radical (unpaired) electrons. The zero-order valence-corrected chi connectivity index (χ0v) is 18.4. The van der Waals surface area contributed by atoms with Gasteiger partial charge in [-0.2, -0.15) is 0 Å². The Morgan fingerprint density at radius 3 is 2.23 bits per heavy atom. The molecular weight excluding hydrogens is 382 g/mol. The Morgan fingerprint density at radius 2 is 1.52 bits per heavy atom. The van der Waals surface area contributed by atoms with Crippen molar-refractivity contribution in [1.82, 2.24) is 14.9 Å². The van der Waals surface area contributed by atoms with Crippen LogP contribution in [0.1, 0.15) is 38.2 Å². The van der Waals surface area contributed by atoms with E-state index in [4.69, 9.17) is 4.98 Å². The molecule has 1 N–H and O–H groups in total. The van der Waals surface area contributed by atoms with Gasteiger partial charge in [0.15, 0.2) is 0 Å². The van der Waals surface area contributed by atoms with Crippen LogP contribution >= 0.6 is 0 Å². The smallest absolute Gasteiger partial charge is 0.224 e. The molecule has 0 aliphatic carbocycles. The maximum absolute atomic E-state index is 12.8. The minimum atomic E-state index is -0.165. The SMILES string of the molecule is CC(C)Cn1c(C(C)NC(=O)Cc2ccc(-c3ccccc3)cc2)nc2ccccc21. The van der Waals surface area contributed by atoms with Gasteiger partial charge in [0.2, 0.25) is 5.91 Å². The molecule has 0 aliphatic heterocycles. The van der Waals surface area contributed by atoms with E-state index < -0.39 is 0 Å². The van der Waals surface area contributed by atoms with Gasteiger partial charge in [-0.05, 0) is 41.7 Å². The van der Waals surface area contributed by atoms with Crippen LogP contribution in [-0.2, 0) is 17.8 Å². The second-order valence-electron chi connectivity index (χ2n) is 8.49. The van der Waals surface area contributed by atoms with Gasteiger partial charge in [0.1, 0.15) is 5.82 Å². The lowest BCUT2D eigenvalue weighted by Crippen LogP contribution is -2.30. The molecule has 31 heavy (non-hydrogen) atoms. The Balaban J connectivity index is 1.46. The molecule has 0 saturated heterocycles. The third-order valence-corrected chi connectivity index (χ3v) is 5.42. The number of para-hydroxylation sites is 2. The van der Waals surface area contributed by atoms with E-state index in [0.717, 1.165) is 34.5 Å². The third kappa shape index (κ3) is 4.85. The fourth-order valence-electron chi connectivity index (χ4n) is 3.97. The lowest BCUT2D eigenvalue weighted by molar-refractivity contribution is -0.121. The standard InChI is InChI=1S/C27H29N3O/c1-19(2)18-30-25-12-8-7-11-24(25)29-27(30)20(3)28-26(31)17-21-13-15-23(16-14-21)22-9-5-4-6-10-22/h4-16,19-20H,17-18H2,1-3H3,(H,28,31). The van der Waals surface area contributed by atoms with Crippen molar-refractivity contribution in [2.75, 3.05) is 0 Å². The van der Waals surface area contributed by atoms with E-state index in [2.05, 4.69) is 54.1 Å². The van der Waals surface area contributed by atoms with E-state index in [0.29, 0.717) is 12.3 Å². The quantitative estimate of drug-likeness (QED) is 0.419. The van der Waals surface area contributed by atoms with Crippen LogP contribution in [0.3, 0.4) is 0 Å². The topological polar surface area (TPSA) is 46.9 Å². The average Bonchev–Trinajstić information content (AvgIpc) is 3.13. The van der Waals surface area contributed by atoms with Crippen LogP contribution in [0.15, 0.2) is 78.9 Å². The maximum atomic E-state index is 12.8. The molecule has 1 amide bonds. The van der Waals surface area contributed by atoms with Crippen LogP contribution in [0.4, 0.5) is 0 Å². The lowest BCUT2D eigenvalue weighted by Gasteiger charge is -2.18. The number of nitrogens with one attached hydrogen (secondary N) is 1. The molecule has 4 nitrogen and oxygen atoms in total. The van der Waals surface area contributed by atoms with Gasteiger partial charge in [-0.3, -0.25) is 4.79 Å². The number of rotatable bonds is 7. The highest BCUT2D eigenvalue weighted by Crippen LogP contribution is 2.23. The molecule has 3 aromatic carbocycles. The minimum absolute atomic E-state index is 0.00288. The molecule has 0 spiro atoms. The molecule has 1 heterocycles. The van der Waals surface area contributed by atoms with Crippen LogP contribution in [0.25, 0.3) is 22.2 Å². The van der Waals surface area contributed by atoms with Gasteiger partial charge >= 0.3 is 0 Å². The van der Waals surface area contributed by atoms with E-state index in [1.165, 1.54) is 5.56 Å². The number of benzene rings is 3. The first-order valence-corrected chi connectivity index (χ1v) is 10.9. The molecule has 0 aliphatic rings. The first-order chi connectivity index (χ1) is 15.0. The van der Waals surface area contributed by atoms with Gasteiger partial charge in [0, 0.05) is 6.54 Å². The van der Waals surface area contributed by atoms with Crippen molar-refractivity contribution in [3.05, 3.63) is 90.3 Å². The van der Waals surface area contributed by atoms with Gasteiger partial charge < -0.3 is 9.88 Å². The fraction of sp³-hybridized carbons (Fsp3) is 0.259. The Bertz CT molecular complexity index is 1160. The summed E-state index contributed by atoms with van der Waals surface area (Å²) < 4.78 is 2.24. The van der Waals surface area contributed by atoms with E-state index in [-0.39, 0.29) is 11.9 Å². The Morgan fingerprint density at radius 1 is 0.871 bits per heavy atom. The molecule has 1 atom stereocenters. The van der Waals surface area contributed by atoms with Crippen molar-refractivity contribution in [3.8, 4) is 11.1 Å². The van der Waals surface area contributed by atoms with E-state index in [1.54, 1.807) is 0 Å². The first kappa shape index (κ1) is 20.9. The van der Waals surface area contributed by atoms with Gasteiger partial charge in [0.05, 0.1) is 23.5 Å². The fourth-order valence-corrected chi connectivity index (χ4v) is 3.97. The number of hydrogen-bond donors (Lipinski definition) is 1. The molecule has 0 bridgehead atoms. The Kier molecular flexibility index (Phi) is 6.17. The summed E-state index contributed by atoms with van der Waals surface area (Å²) in [5, 5.41) is 3.14. The summed E-state index contributed by atoms with van der Waals surface area (Å²) in [5.41, 5.74) is 5.41. The van der Waals surface area contributed by atoms with Crippen LogP contribution in [0.2, 0.25) is 0 Å². The summed E-state index contributed by atoms with van der Waals surface area (Å²) in [6, 6.07) is 26.5. The maximum Gasteiger partial charge on any atom is 0.224 e. The number of aromatic nitrogens is 2. The molecule has 1 unspecified atom stereocenters. The summed E-state index contributed by atoms with van der Waals surface area (Å²) >= 11 is 0. The molecule has 158 valence electrons. The minimum Gasteiger partial charge on any atom is -0.346 e. The summed E-state index contributed by atoms with van der Waals surface area (Å²) in [6.45, 7) is 7.27. The zero-order valence-electron chi connectivity index (χ0n) is 18.4. The van der Waals surface area contributed by atoms with Gasteiger partial charge in [0.25, 0.3) is 0 Å². The summed E-state index contributed by atoms with van der Waals surface area (Å²) in [6.07, 6.45) is 0.351. The highest BCUT2D eigenvalue weighted by Gasteiger charge is 2.19. The first-order valence-electron chi connectivity index (χ1n) is 10.9. The van der Waals surface area contributed by atoms with Crippen molar-refractivity contribution in [1.29, 1.82) is 0 Å².